The van der Waals surface area contributed by atoms with Crippen LogP contribution in [0.25, 0.3) is 0 Å². The number of aromatic nitrogens is 2. The van der Waals surface area contributed by atoms with Crippen LogP contribution < -0.4 is 0 Å². The molecule has 0 bridgehead atoms. The average Bonchev–Trinajstić information content (AvgIpc) is 2.89. The van der Waals surface area contributed by atoms with Crippen molar-refractivity contribution < 1.29 is 4.79 Å². The van der Waals surface area contributed by atoms with Gasteiger partial charge in [0.1, 0.15) is 6.29 Å². The Balaban J connectivity index is 2.12. The monoisotopic (exact) mass is 254 g/mol. The highest BCUT2D eigenvalue weighted by Crippen LogP contribution is 2.47. The van der Waals surface area contributed by atoms with Crippen molar-refractivity contribution in [1.29, 1.82) is 0 Å². The molecule has 0 spiro atoms. The second-order valence-corrected chi connectivity index (χ2v) is 5.93. The number of fused-ring (bicyclic) bond motifs is 1. The van der Waals surface area contributed by atoms with E-state index in [0.29, 0.717) is 6.42 Å². The maximum atomic E-state index is 10.8. The Morgan fingerprint density at radius 3 is 3.00 bits per heavy atom. The fourth-order valence-electron chi connectivity index (χ4n) is 3.30. The van der Waals surface area contributed by atoms with Gasteiger partial charge in [-0.05, 0) is 23.0 Å². The van der Waals surface area contributed by atoms with E-state index in [1.165, 1.54) is 11.1 Å². The van der Waals surface area contributed by atoms with Crippen LogP contribution in [0.5, 0.6) is 0 Å². The minimum atomic E-state index is 0.141. The third-order valence-corrected chi connectivity index (χ3v) is 4.05. The van der Waals surface area contributed by atoms with Gasteiger partial charge >= 0.3 is 0 Å². The summed E-state index contributed by atoms with van der Waals surface area (Å²) in [6, 6.07) is 8.84. The molecule has 1 aromatic carbocycles. The lowest BCUT2D eigenvalue weighted by Crippen LogP contribution is -2.25. The number of carbonyl (C=O) groups excluding carboxylic acids is 1. The molecule has 0 radical (unpaired) electrons. The maximum absolute atomic E-state index is 10.8. The van der Waals surface area contributed by atoms with Gasteiger partial charge in [0.25, 0.3) is 0 Å². The fourth-order valence-corrected chi connectivity index (χ4v) is 3.30. The molecule has 0 saturated carbocycles. The summed E-state index contributed by atoms with van der Waals surface area (Å²) in [4.78, 5) is 15.0. The van der Waals surface area contributed by atoms with Gasteiger partial charge in [-0.25, -0.2) is 4.98 Å². The first-order valence-electron chi connectivity index (χ1n) is 6.65. The molecule has 3 nitrogen and oxygen atoms in total. The van der Waals surface area contributed by atoms with Crippen molar-refractivity contribution in [2.75, 3.05) is 0 Å². The molecule has 3 heteroatoms. The molecule has 1 unspecified atom stereocenters. The van der Waals surface area contributed by atoms with Crippen LogP contribution in [-0.2, 0) is 17.6 Å². The highest BCUT2D eigenvalue weighted by atomic mass is 16.1. The van der Waals surface area contributed by atoms with Crippen LogP contribution in [0, 0.1) is 5.41 Å². The van der Waals surface area contributed by atoms with Crippen LogP contribution in [0.2, 0.25) is 0 Å². The predicted molar refractivity (Wildman–Crippen MR) is 74.1 cm³/mol. The first kappa shape index (κ1) is 12.2. The van der Waals surface area contributed by atoms with Crippen LogP contribution in [0.4, 0.5) is 0 Å². The van der Waals surface area contributed by atoms with Gasteiger partial charge in [-0.3, -0.25) is 0 Å². The Labute approximate surface area is 113 Å². The number of hydrogen-bond donors (Lipinski definition) is 0. The molecule has 19 heavy (non-hydrogen) atoms. The van der Waals surface area contributed by atoms with Crippen LogP contribution in [0.15, 0.2) is 36.8 Å². The quantitative estimate of drug-likeness (QED) is 0.789. The lowest BCUT2D eigenvalue weighted by atomic mass is 9.85. The molecule has 2 aromatic rings. The van der Waals surface area contributed by atoms with Gasteiger partial charge in [-0.1, -0.05) is 38.1 Å². The van der Waals surface area contributed by atoms with Crippen LogP contribution in [-0.4, -0.2) is 15.8 Å². The molecule has 0 amide bonds. The summed E-state index contributed by atoms with van der Waals surface area (Å²) in [5.41, 5.74) is 3.90. The minimum Gasteiger partial charge on any atom is -0.326 e. The molecule has 3 rings (SSSR count). The first-order valence-corrected chi connectivity index (χ1v) is 6.65. The molecule has 98 valence electrons. The molecule has 0 aliphatic heterocycles. The zero-order valence-electron chi connectivity index (χ0n) is 11.3. The summed E-state index contributed by atoms with van der Waals surface area (Å²) in [7, 11) is 0. The summed E-state index contributed by atoms with van der Waals surface area (Å²) in [5.74, 6) is 0. The second-order valence-electron chi connectivity index (χ2n) is 5.93. The molecule has 1 atom stereocenters. The van der Waals surface area contributed by atoms with Crippen LogP contribution in [0.1, 0.15) is 36.7 Å². The van der Waals surface area contributed by atoms with E-state index >= 15 is 0 Å². The van der Waals surface area contributed by atoms with E-state index in [-0.39, 0.29) is 11.5 Å². The van der Waals surface area contributed by atoms with Crippen molar-refractivity contribution in [3.8, 4) is 0 Å². The molecular formula is C16H18N2O. The summed E-state index contributed by atoms with van der Waals surface area (Å²) in [5, 5.41) is 0. The molecule has 0 saturated heterocycles. The van der Waals surface area contributed by atoms with Crippen molar-refractivity contribution in [2.24, 2.45) is 5.41 Å². The largest absolute Gasteiger partial charge is 0.326 e. The Morgan fingerprint density at radius 2 is 2.21 bits per heavy atom. The van der Waals surface area contributed by atoms with Gasteiger partial charge in [0.2, 0.25) is 0 Å². The molecule has 1 aromatic heterocycles. The Morgan fingerprint density at radius 1 is 1.42 bits per heavy atom. The summed E-state index contributed by atoms with van der Waals surface area (Å²) in [6.07, 6.45) is 6.08. The van der Waals surface area contributed by atoms with E-state index in [0.717, 1.165) is 18.4 Å². The van der Waals surface area contributed by atoms with E-state index in [1.54, 1.807) is 6.20 Å². The zero-order chi connectivity index (χ0) is 13.5. The molecule has 0 fully saturated rings. The number of hydrogen-bond acceptors (Lipinski definition) is 2. The van der Waals surface area contributed by atoms with Crippen molar-refractivity contribution in [3.05, 3.63) is 53.6 Å². The minimum absolute atomic E-state index is 0.141. The number of carbonyl (C=O) groups is 1. The van der Waals surface area contributed by atoms with Crippen LogP contribution in [0.3, 0.4) is 0 Å². The molecule has 1 aliphatic rings. The lowest BCUT2D eigenvalue weighted by molar-refractivity contribution is -0.107. The highest BCUT2D eigenvalue weighted by molar-refractivity contribution is 5.53. The second kappa shape index (κ2) is 4.34. The van der Waals surface area contributed by atoms with Gasteiger partial charge in [0, 0.05) is 18.3 Å². The van der Waals surface area contributed by atoms with E-state index in [9.17, 15) is 4.79 Å². The van der Waals surface area contributed by atoms with Crippen molar-refractivity contribution in [2.45, 2.75) is 32.7 Å². The molecule has 1 aliphatic carbocycles. The third kappa shape index (κ3) is 1.89. The van der Waals surface area contributed by atoms with Crippen molar-refractivity contribution >= 4 is 6.29 Å². The summed E-state index contributed by atoms with van der Waals surface area (Å²) in [6.45, 7) is 4.56. The van der Waals surface area contributed by atoms with Crippen molar-refractivity contribution in [1.82, 2.24) is 9.55 Å². The predicted octanol–water partition coefficient (Wildman–Crippen LogP) is 2.80. The van der Waals surface area contributed by atoms with Gasteiger partial charge in [0.15, 0.2) is 0 Å². The smallest absolute Gasteiger partial charge is 0.125 e. The highest BCUT2D eigenvalue weighted by Gasteiger charge is 2.40. The van der Waals surface area contributed by atoms with E-state index < -0.39 is 0 Å². The molecular weight excluding hydrogens is 236 g/mol. The van der Waals surface area contributed by atoms with E-state index in [2.05, 4.69) is 47.7 Å². The van der Waals surface area contributed by atoms with Crippen molar-refractivity contribution in [3.63, 3.8) is 0 Å². The Kier molecular flexibility index (Phi) is 2.77. The zero-order valence-corrected chi connectivity index (χ0v) is 11.3. The number of benzene rings is 1. The Hall–Kier alpha value is -1.90. The number of rotatable bonds is 3. The fraction of sp³-hybridized carbons (Fsp3) is 0.375. The van der Waals surface area contributed by atoms with Gasteiger partial charge < -0.3 is 9.36 Å². The third-order valence-electron chi connectivity index (χ3n) is 4.05. The SMILES string of the molecule is CC1(C)Cc2ccccc2C1n1cncc1CC=O. The summed E-state index contributed by atoms with van der Waals surface area (Å²) >= 11 is 0. The Bertz CT molecular complexity index is 613. The summed E-state index contributed by atoms with van der Waals surface area (Å²) < 4.78 is 2.17. The normalized spacial score (nSPS) is 20.2. The van der Waals surface area contributed by atoms with Gasteiger partial charge in [-0.2, -0.15) is 0 Å². The van der Waals surface area contributed by atoms with E-state index in [1.807, 2.05) is 6.33 Å². The average molecular weight is 254 g/mol. The molecule has 1 heterocycles. The molecule has 0 N–H and O–H groups in total. The van der Waals surface area contributed by atoms with Crippen LogP contribution >= 0.6 is 0 Å². The van der Waals surface area contributed by atoms with E-state index in [4.69, 9.17) is 0 Å². The topological polar surface area (TPSA) is 34.9 Å². The first-order chi connectivity index (χ1) is 9.13. The number of imidazole rings is 1. The van der Waals surface area contributed by atoms with Gasteiger partial charge in [0.05, 0.1) is 12.4 Å². The van der Waals surface area contributed by atoms with Gasteiger partial charge in [-0.15, -0.1) is 0 Å². The lowest BCUT2D eigenvalue weighted by Gasteiger charge is -2.30. The number of aldehydes is 1. The standard InChI is InChI=1S/C16H18N2O/c1-16(2)9-12-5-3-4-6-14(12)15(16)18-11-17-10-13(18)7-8-19/h3-6,8,10-11,15H,7,9H2,1-2H3. The maximum Gasteiger partial charge on any atom is 0.125 e. The number of nitrogens with zero attached hydrogens (tertiary/aromatic N) is 2.